The number of rotatable bonds is 2. The largest absolute Gasteiger partial charge is 0.302 e. The number of ketones is 1. The van der Waals surface area contributed by atoms with Crippen LogP contribution in [0.15, 0.2) is 29.2 Å². The van der Waals surface area contributed by atoms with Crippen molar-refractivity contribution in [3.63, 3.8) is 0 Å². The Balaban J connectivity index is 1.65. The molecule has 1 saturated heterocycles. The second-order valence-electron chi connectivity index (χ2n) is 4.89. The van der Waals surface area contributed by atoms with Crippen molar-refractivity contribution in [2.24, 2.45) is 0 Å². The van der Waals surface area contributed by atoms with Gasteiger partial charge in [0, 0.05) is 49.0 Å². The molecule has 2 heterocycles. The van der Waals surface area contributed by atoms with E-state index in [0.717, 1.165) is 32.5 Å². The van der Waals surface area contributed by atoms with Crippen molar-refractivity contribution < 1.29 is 4.79 Å². The van der Waals surface area contributed by atoms with E-state index in [1.807, 2.05) is 11.8 Å². The molecule has 1 aromatic carbocycles. The number of carbonyl (C=O) groups is 1. The zero-order valence-corrected chi connectivity index (χ0v) is 10.7. The van der Waals surface area contributed by atoms with Gasteiger partial charge in [0.2, 0.25) is 0 Å². The molecule has 0 spiro atoms. The molecule has 0 aliphatic carbocycles. The Bertz CT molecular complexity index is 422. The van der Waals surface area contributed by atoms with Gasteiger partial charge in [-0.15, -0.1) is 11.8 Å². The Morgan fingerprint density at radius 1 is 1.24 bits per heavy atom. The van der Waals surface area contributed by atoms with Gasteiger partial charge in [-0.25, -0.2) is 0 Å². The Morgan fingerprint density at radius 2 is 2.00 bits per heavy atom. The van der Waals surface area contributed by atoms with E-state index in [4.69, 9.17) is 0 Å². The minimum Gasteiger partial charge on any atom is -0.302 e. The summed E-state index contributed by atoms with van der Waals surface area (Å²) in [5.74, 6) is 2.29. The number of carbonyl (C=O) groups excluding carboxylic acids is 1. The lowest BCUT2D eigenvalue weighted by atomic mass is 9.99. The molecule has 1 atom stereocenters. The van der Waals surface area contributed by atoms with Gasteiger partial charge in [-0.3, -0.25) is 4.79 Å². The first-order chi connectivity index (χ1) is 8.33. The molecule has 2 aliphatic rings. The van der Waals surface area contributed by atoms with Crippen LogP contribution in [0.2, 0.25) is 0 Å². The molecular formula is C14H17NOS. The topological polar surface area (TPSA) is 20.3 Å². The summed E-state index contributed by atoms with van der Waals surface area (Å²) in [5.41, 5.74) is 1.51. The van der Waals surface area contributed by atoms with Crippen LogP contribution in [-0.4, -0.2) is 36.1 Å². The number of piperidine rings is 1. The molecule has 2 aliphatic heterocycles. The van der Waals surface area contributed by atoms with Crippen LogP contribution >= 0.6 is 11.8 Å². The van der Waals surface area contributed by atoms with Crippen molar-refractivity contribution >= 4 is 17.5 Å². The second-order valence-corrected chi connectivity index (χ2v) is 5.95. The lowest BCUT2D eigenvalue weighted by Crippen LogP contribution is -2.36. The highest BCUT2D eigenvalue weighted by Crippen LogP contribution is 2.39. The van der Waals surface area contributed by atoms with Crippen molar-refractivity contribution in [3.05, 3.63) is 29.8 Å². The first-order valence-electron chi connectivity index (χ1n) is 6.29. The summed E-state index contributed by atoms with van der Waals surface area (Å²) in [7, 11) is 0. The van der Waals surface area contributed by atoms with Crippen LogP contribution in [0.5, 0.6) is 0 Å². The van der Waals surface area contributed by atoms with Gasteiger partial charge in [-0.1, -0.05) is 18.2 Å². The first-order valence-corrected chi connectivity index (χ1v) is 7.27. The standard InChI is InChI=1S/C14H17NOS/c16-12-5-7-15(8-6-12)9-11-10-17-14-4-2-1-3-13(11)14/h1-4,11H,5-10H2. The Morgan fingerprint density at radius 3 is 2.82 bits per heavy atom. The van der Waals surface area contributed by atoms with E-state index in [-0.39, 0.29) is 0 Å². The molecule has 3 rings (SSSR count). The summed E-state index contributed by atoms with van der Waals surface area (Å²) in [6, 6.07) is 8.74. The van der Waals surface area contributed by atoms with Gasteiger partial charge >= 0.3 is 0 Å². The normalized spacial score (nSPS) is 24.9. The minimum atomic E-state index is 0.433. The Hall–Kier alpha value is -0.800. The van der Waals surface area contributed by atoms with Crippen molar-refractivity contribution in [1.82, 2.24) is 4.90 Å². The van der Waals surface area contributed by atoms with Crippen LogP contribution in [-0.2, 0) is 4.79 Å². The smallest absolute Gasteiger partial charge is 0.135 e. The van der Waals surface area contributed by atoms with E-state index in [1.54, 1.807) is 0 Å². The molecule has 0 amide bonds. The van der Waals surface area contributed by atoms with Gasteiger partial charge in [0.1, 0.15) is 5.78 Å². The van der Waals surface area contributed by atoms with Crippen LogP contribution in [0.1, 0.15) is 24.3 Å². The zero-order valence-electron chi connectivity index (χ0n) is 9.89. The van der Waals surface area contributed by atoms with Gasteiger partial charge in [0.05, 0.1) is 0 Å². The van der Waals surface area contributed by atoms with Gasteiger partial charge in [-0.2, -0.15) is 0 Å². The van der Waals surface area contributed by atoms with Crippen LogP contribution in [0, 0.1) is 0 Å². The molecule has 1 aromatic rings. The van der Waals surface area contributed by atoms with E-state index >= 15 is 0 Å². The lowest BCUT2D eigenvalue weighted by Gasteiger charge is -2.28. The predicted octanol–water partition coefficient (Wildman–Crippen LogP) is 2.54. The van der Waals surface area contributed by atoms with Crippen molar-refractivity contribution in [2.45, 2.75) is 23.7 Å². The molecule has 0 bridgehead atoms. The van der Waals surface area contributed by atoms with E-state index in [2.05, 4.69) is 29.2 Å². The summed E-state index contributed by atoms with van der Waals surface area (Å²) in [6.07, 6.45) is 1.50. The minimum absolute atomic E-state index is 0.433. The molecule has 0 saturated carbocycles. The summed E-state index contributed by atoms with van der Waals surface area (Å²) < 4.78 is 0. The average molecular weight is 247 g/mol. The van der Waals surface area contributed by atoms with Crippen LogP contribution in [0.4, 0.5) is 0 Å². The molecule has 17 heavy (non-hydrogen) atoms. The number of fused-ring (bicyclic) bond motifs is 1. The van der Waals surface area contributed by atoms with Gasteiger partial charge < -0.3 is 4.90 Å². The molecule has 0 N–H and O–H groups in total. The van der Waals surface area contributed by atoms with Crippen molar-refractivity contribution in [1.29, 1.82) is 0 Å². The van der Waals surface area contributed by atoms with Crippen LogP contribution < -0.4 is 0 Å². The number of hydrogen-bond donors (Lipinski definition) is 0. The summed E-state index contributed by atoms with van der Waals surface area (Å²) in [4.78, 5) is 15.1. The van der Waals surface area contributed by atoms with Gasteiger partial charge in [0.15, 0.2) is 0 Å². The molecule has 2 nitrogen and oxygen atoms in total. The number of hydrogen-bond acceptors (Lipinski definition) is 3. The maximum atomic E-state index is 11.2. The summed E-state index contributed by atoms with van der Waals surface area (Å²) in [5, 5.41) is 0. The third-order valence-corrected chi connectivity index (χ3v) is 4.94. The highest BCUT2D eigenvalue weighted by Gasteiger charge is 2.26. The van der Waals surface area contributed by atoms with E-state index in [1.165, 1.54) is 16.2 Å². The quantitative estimate of drug-likeness (QED) is 0.801. The Kier molecular flexibility index (Phi) is 3.21. The first kappa shape index (κ1) is 11.3. The molecule has 90 valence electrons. The van der Waals surface area contributed by atoms with Crippen molar-refractivity contribution in [3.8, 4) is 0 Å². The highest BCUT2D eigenvalue weighted by molar-refractivity contribution is 7.99. The van der Waals surface area contributed by atoms with Gasteiger partial charge in [0.25, 0.3) is 0 Å². The maximum Gasteiger partial charge on any atom is 0.135 e. The average Bonchev–Trinajstić information content (AvgIpc) is 2.76. The molecule has 0 radical (unpaired) electrons. The number of Topliss-reactive ketones (excluding diaryl/α,β-unsaturated/α-hetero) is 1. The fraction of sp³-hybridized carbons (Fsp3) is 0.500. The summed E-state index contributed by atoms with van der Waals surface area (Å²) >= 11 is 1.97. The number of likely N-dealkylation sites (tertiary alicyclic amines) is 1. The Labute approximate surface area is 106 Å². The number of benzene rings is 1. The molecule has 3 heteroatoms. The third-order valence-electron chi connectivity index (χ3n) is 3.69. The molecule has 1 unspecified atom stereocenters. The molecule has 1 fully saturated rings. The lowest BCUT2D eigenvalue weighted by molar-refractivity contribution is -0.121. The predicted molar refractivity (Wildman–Crippen MR) is 70.6 cm³/mol. The summed E-state index contributed by atoms with van der Waals surface area (Å²) in [6.45, 7) is 3.04. The maximum absolute atomic E-state index is 11.2. The fourth-order valence-corrected chi connectivity index (χ4v) is 3.92. The van der Waals surface area contributed by atoms with Crippen LogP contribution in [0.3, 0.4) is 0 Å². The van der Waals surface area contributed by atoms with E-state index < -0.39 is 0 Å². The second kappa shape index (κ2) is 4.83. The number of nitrogens with zero attached hydrogens (tertiary/aromatic N) is 1. The number of thioether (sulfide) groups is 1. The van der Waals surface area contributed by atoms with E-state index in [9.17, 15) is 4.79 Å². The molecule has 0 aromatic heterocycles. The fourth-order valence-electron chi connectivity index (χ4n) is 2.68. The molecular weight excluding hydrogens is 230 g/mol. The van der Waals surface area contributed by atoms with E-state index in [0.29, 0.717) is 11.7 Å². The van der Waals surface area contributed by atoms with Crippen molar-refractivity contribution in [2.75, 3.05) is 25.4 Å². The SMILES string of the molecule is O=C1CCN(CC2CSc3ccccc32)CC1. The third kappa shape index (κ3) is 2.40. The monoisotopic (exact) mass is 247 g/mol. The van der Waals surface area contributed by atoms with Crippen LogP contribution in [0.25, 0.3) is 0 Å². The highest BCUT2D eigenvalue weighted by atomic mass is 32.2. The van der Waals surface area contributed by atoms with Gasteiger partial charge in [-0.05, 0) is 11.6 Å². The zero-order chi connectivity index (χ0) is 11.7.